The van der Waals surface area contributed by atoms with Crippen LogP contribution in [0.5, 0.6) is 5.75 Å². The molecule has 0 aromatic heterocycles. The Morgan fingerprint density at radius 3 is 2.76 bits per heavy atom. The van der Waals surface area contributed by atoms with Gasteiger partial charge in [-0.25, -0.2) is 4.79 Å². The minimum atomic E-state index is -0.379. The van der Waals surface area contributed by atoms with Crippen LogP contribution in [0, 0.1) is 0 Å². The van der Waals surface area contributed by atoms with Gasteiger partial charge in [0.2, 0.25) is 0 Å². The van der Waals surface area contributed by atoms with E-state index in [-0.39, 0.29) is 12.1 Å². The molecule has 21 heavy (non-hydrogen) atoms. The van der Waals surface area contributed by atoms with Gasteiger partial charge in [0, 0.05) is 0 Å². The van der Waals surface area contributed by atoms with Crippen LogP contribution in [0.3, 0.4) is 0 Å². The minimum Gasteiger partial charge on any atom is -0.485 e. The van der Waals surface area contributed by atoms with Crippen molar-refractivity contribution in [2.45, 2.75) is 13.0 Å². The fraction of sp³-hybridized carbons (Fsp3) is 0.188. The minimum absolute atomic E-state index is 0.0697. The van der Waals surface area contributed by atoms with E-state index in [1.807, 2.05) is 43.3 Å². The van der Waals surface area contributed by atoms with Crippen molar-refractivity contribution in [3.8, 4) is 5.75 Å². The zero-order chi connectivity index (χ0) is 14.8. The van der Waals surface area contributed by atoms with Crippen molar-refractivity contribution in [1.82, 2.24) is 0 Å². The number of ether oxygens (including phenoxy) is 1. The number of anilines is 1. The smallest absolute Gasteiger partial charge is 0.363 e. The molecule has 0 amide bonds. The second kappa shape index (κ2) is 5.77. The van der Waals surface area contributed by atoms with Gasteiger partial charge in [0.05, 0.1) is 16.6 Å². The molecule has 1 unspecified atom stereocenters. The summed E-state index contributed by atoms with van der Waals surface area (Å²) in [5.74, 6) is 0.313. The van der Waals surface area contributed by atoms with Crippen LogP contribution in [0.2, 0.25) is 0 Å². The monoisotopic (exact) mass is 347 g/mol. The number of hydrogen-bond acceptors (Lipinski definition) is 4. The topological polar surface area (TPSA) is 38.8 Å². The van der Waals surface area contributed by atoms with E-state index in [2.05, 4.69) is 15.9 Å². The van der Waals surface area contributed by atoms with E-state index < -0.39 is 0 Å². The van der Waals surface area contributed by atoms with Crippen LogP contribution in [0.15, 0.2) is 53.0 Å². The first-order valence-corrected chi connectivity index (χ1v) is 7.44. The van der Waals surface area contributed by atoms with Crippen molar-refractivity contribution < 1.29 is 14.4 Å². The third-order valence-electron chi connectivity index (χ3n) is 3.16. The molecule has 3 rings (SSSR count). The summed E-state index contributed by atoms with van der Waals surface area (Å²) >= 11 is 3.46. The molecule has 2 aromatic rings. The lowest BCUT2D eigenvalue weighted by Crippen LogP contribution is -2.40. The van der Waals surface area contributed by atoms with E-state index in [0.29, 0.717) is 17.9 Å². The van der Waals surface area contributed by atoms with Crippen LogP contribution in [0.1, 0.15) is 17.3 Å². The highest BCUT2D eigenvalue weighted by Crippen LogP contribution is 2.39. The van der Waals surface area contributed by atoms with Gasteiger partial charge >= 0.3 is 5.97 Å². The number of hydrogen-bond donors (Lipinski definition) is 0. The summed E-state index contributed by atoms with van der Waals surface area (Å²) < 4.78 is 6.64. The van der Waals surface area contributed by atoms with Gasteiger partial charge in [-0.15, -0.1) is 0 Å². The fourth-order valence-corrected chi connectivity index (χ4v) is 2.64. The van der Waals surface area contributed by atoms with Gasteiger partial charge in [-0.05, 0) is 47.1 Å². The van der Waals surface area contributed by atoms with E-state index in [4.69, 9.17) is 9.57 Å². The van der Waals surface area contributed by atoms with Gasteiger partial charge in [-0.1, -0.05) is 24.3 Å². The highest BCUT2D eigenvalue weighted by Gasteiger charge is 2.27. The van der Waals surface area contributed by atoms with Crippen molar-refractivity contribution in [3.05, 3.63) is 58.6 Å². The Morgan fingerprint density at radius 2 is 2.00 bits per heavy atom. The van der Waals surface area contributed by atoms with Crippen LogP contribution in [-0.2, 0) is 4.84 Å². The number of hydroxylamine groups is 1. The van der Waals surface area contributed by atoms with Crippen molar-refractivity contribution in [3.63, 3.8) is 0 Å². The summed E-state index contributed by atoms with van der Waals surface area (Å²) in [6.45, 7) is 2.42. The maximum Gasteiger partial charge on any atom is 0.363 e. The van der Waals surface area contributed by atoms with E-state index >= 15 is 0 Å². The highest BCUT2D eigenvalue weighted by atomic mass is 79.9. The Morgan fingerprint density at radius 1 is 1.24 bits per heavy atom. The molecule has 5 heteroatoms. The molecule has 108 valence electrons. The molecule has 0 N–H and O–H groups in total. The van der Waals surface area contributed by atoms with Crippen LogP contribution in [-0.4, -0.2) is 18.6 Å². The average Bonchev–Trinajstić information content (AvgIpc) is 2.49. The second-order valence-corrected chi connectivity index (χ2v) is 5.68. The SMILES string of the molecule is CC1CN(OC(=O)c2ccccc2)c2cccc(Br)c2O1. The predicted molar refractivity (Wildman–Crippen MR) is 83.4 cm³/mol. The van der Waals surface area contributed by atoms with E-state index in [1.54, 1.807) is 17.2 Å². The number of fused-ring (bicyclic) bond motifs is 1. The Labute approximate surface area is 131 Å². The maximum absolute atomic E-state index is 12.2. The number of carbonyl (C=O) groups is 1. The van der Waals surface area contributed by atoms with Gasteiger partial charge in [0.1, 0.15) is 11.8 Å². The molecule has 0 aliphatic carbocycles. The molecule has 4 nitrogen and oxygen atoms in total. The van der Waals surface area contributed by atoms with Crippen LogP contribution < -0.4 is 9.80 Å². The summed E-state index contributed by atoms with van der Waals surface area (Å²) in [6, 6.07) is 14.6. The van der Waals surface area contributed by atoms with E-state index in [0.717, 1.165) is 10.2 Å². The van der Waals surface area contributed by atoms with E-state index in [9.17, 15) is 4.79 Å². The zero-order valence-corrected chi connectivity index (χ0v) is 13.0. The Bertz CT molecular complexity index is 660. The number of para-hydroxylation sites is 1. The molecule has 0 spiro atoms. The van der Waals surface area contributed by atoms with Crippen LogP contribution in [0.25, 0.3) is 0 Å². The fourth-order valence-electron chi connectivity index (χ4n) is 2.19. The van der Waals surface area contributed by atoms with E-state index in [1.165, 1.54) is 0 Å². The number of carbonyl (C=O) groups excluding carboxylic acids is 1. The average molecular weight is 348 g/mol. The molecule has 1 aliphatic rings. The predicted octanol–water partition coefficient (Wildman–Crippen LogP) is 3.81. The molecule has 1 aliphatic heterocycles. The molecule has 1 heterocycles. The Hall–Kier alpha value is -2.01. The molecule has 0 bridgehead atoms. The highest BCUT2D eigenvalue weighted by molar-refractivity contribution is 9.10. The normalized spacial score (nSPS) is 16.9. The van der Waals surface area contributed by atoms with Gasteiger partial charge in [-0.2, -0.15) is 5.06 Å². The summed E-state index contributed by atoms with van der Waals surface area (Å²) in [7, 11) is 0. The lowest BCUT2D eigenvalue weighted by Gasteiger charge is -2.33. The zero-order valence-electron chi connectivity index (χ0n) is 11.5. The third kappa shape index (κ3) is 2.88. The molecular weight excluding hydrogens is 334 g/mol. The third-order valence-corrected chi connectivity index (χ3v) is 3.78. The summed E-state index contributed by atoms with van der Waals surface area (Å²) in [4.78, 5) is 17.7. The second-order valence-electron chi connectivity index (χ2n) is 4.82. The van der Waals surface area contributed by atoms with Gasteiger partial charge in [0.25, 0.3) is 0 Å². The first kappa shape index (κ1) is 13.9. The van der Waals surface area contributed by atoms with Crippen LogP contribution in [0.4, 0.5) is 5.69 Å². The van der Waals surface area contributed by atoms with Crippen molar-refractivity contribution in [2.24, 2.45) is 0 Å². The quantitative estimate of drug-likeness (QED) is 0.827. The van der Waals surface area contributed by atoms with Crippen molar-refractivity contribution in [1.29, 1.82) is 0 Å². The summed E-state index contributed by atoms with van der Waals surface area (Å²) in [6.07, 6.45) is -0.0697. The molecule has 0 saturated heterocycles. The Kier molecular flexibility index (Phi) is 3.84. The number of halogens is 1. The van der Waals surface area contributed by atoms with Gasteiger partial charge in [-0.3, -0.25) is 0 Å². The molecule has 0 radical (unpaired) electrons. The maximum atomic E-state index is 12.2. The number of benzene rings is 2. The Balaban J connectivity index is 1.87. The lowest BCUT2D eigenvalue weighted by molar-refractivity contribution is 0.0373. The molecular formula is C16H14BrNO3. The molecule has 2 aromatic carbocycles. The summed E-state index contributed by atoms with van der Waals surface area (Å²) in [5, 5.41) is 1.59. The lowest BCUT2D eigenvalue weighted by atomic mass is 10.2. The molecule has 0 fully saturated rings. The van der Waals surface area contributed by atoms with Crippen molar-refractivity contribution >= 4 is 27.6 Å². The van der Waals surface area contributed by atoms with Crippen molar-refractivity contribution in [2.75, 3.05) is 11.6 Å². The van der Waals surface area contributed by atoms with Gasteiger partial charge < -0.3 is 9.57 Å². The molecule has 0 saturated carbocycles. The largest absolute Gasteiger partial charge is 0.485 e. The summed E-state index contributed by atoms with van der Waals surface area (Å²) in [5.41, 5.74) is 1.26. The van der Waals surface area contributed by atoms with Crippen LogP contribution >= 0.6 is 15.9 Å². The first-order chi connectivity index (χ1) is 10.1. The molecule has 1 atom stereocenters. The number of nitrogens with zero attached hydrogens (tertiary/aromatic N) is 1. The number of rotatable bonds is 2. The first-order valence-electron chi connectivity index (χ1n) is 6.65. The standard InChI is InChI=1S/C16H14BrNO3/c1-11-10-18(14-9-5-8-13(17)15(14)20-11)21-16(19)12-6-3-2-4-7-12/h2-9,11H,10H2,1H3. The van der Waals surface area contributed by atoms with Gasteiger partial charge in [0.15, 0.2) is 5.75 Å².